The second-order valence-corrected chi connectivity index (χ2v) is 8.88. The molecular formula is C27H23ClN6O. The van der Waals surface area contributed by atoms with Gasteiger partial charge in [0.25, 0.3) is 0 Å². The van der Waals surface area contributed by atoms with Crippen molar-refractivity contribution in [2.24, 2.45) is 4.99 Å². The molecule has 1 N–H and O–H groups in total. The summed E-state index contributed by atoms with van der Waals surface area (Å²) in [5.74, 6) is 0.515. The minimum Gasteiger partial charge on any atom is -0.381 e. The molecule has 8 heteroatoms. The van der Waals surface area contributed by atoms with Gasteiger partial charge < -0.3 is 14.6 Å². The van der Waals surface area contributed by atoms with E-state index in [0.717, 1.165) is 65.2 Å². The fourth-order valence-electron chi connectivity index (χ4n) is 4.41. The predicted octanol–water partition coefficient (Wildman–Crippen LogP) is 5.40. The Morgan fingerprint density at radius 1 is 0.943 bits per heavy atom. The number of anilines is 2. The second-order valence-electron chi connectivity index (χ2n) is 8.44. The van der Waals surface area contributed by atoms with Crippen LogP contribution in [0.25, 0.3) is 28.1 Å². The first-order valence-electron chi connectivity index (χ1n) is 11.6. The van der Waals surface area contributed by atoms with Gasteiger partial charge in [-0.25, -0.2) is 15.0 Å². The first kappa shape index (κ1) is 21.7. The number of ether oxygens (including phenoxy) is 1. The van der Waals surface area contributed by atoms with Crippen LogP contribution in [0.3, 0.4) is 0 Å². The highest BCUT2D eigenvalue weighted by molar-refractivity contribution is 6.30. The van der Waals surface area contributed by atoms with Crippen LogP contribution in [0, 0.1) is 0 Å². The maximum atomic E-state index is 6.20. The number of para-hydroxylation sites is 2. The molecule has 3 heterocycles. The molecular weight excluding hydrogens is 460 g/mol. The highest BCUT2D eigenvalue weighted by atomic mass is 35.5. The van der Waals surface area contributed by atoms with Crippen molar-refractivity contribution in [3.05, 3.63) is 89.5 Å². The molecule has 2 aromatic carbocycles. The van der Waals surface area contributed by atoms with Gasteiger partial charge in [-0.05, 0) is 67.4 Å². The van der Waals surface area contributed by atoms with Gasteiger partial charge in [-0.15, -0.1) is 0 Å². The normalized spacial score (nSPS) is 15.1. The van der Waals surface area contributed by atoms with Gasteiger partial charge in [0, 0.05) is 36.3 Å². The van der Waals surface area contributed by atoms with Crippen LogP contribution >= 0.6 is 11.6 Å². The molecule has 7 nitrogen and oxygen atoms in total. The lowest BCUT2D eigenvalue weighted by Crippen LogP contribution is -2.23. The zero-order valence-electron chi connectivity index (χ0n) is 18.9. The first-order chi connectivity index (χ1) is 17.2. The molecule has 6 rings (SSSR count). The third-order valence-electron chi connectivity index (χ3n) is 6.11. The van der Waals surface area contributed by atoms with E-state index in [0.29, 0.717) is 11.0 Å². The smallest absolute Gasteiger partial charge is 0.227 e. The third-order valence-corrected chi connectivity index (χ3v) is 6.36. The summed E-state index contributed by atoms with van der Waals surface area (Å²) >= 11 is 6.20. The maximum Gasteiger partial charge on any atom is 0.227 e. The number of benzene rings is 3. The van der Waals surface area contributed by atoms with E-state index < -0.39 is 0 Å². The van der Waals surface area contributed by atoms with Crippen LogP contribution < -0.4 is 10.7 Å². The van der Waals surface area contributed by atoms with Crippen LogP contribution in [-0.2, 0) is 4.74 Å². The van der Waals surface area contributed by atoms with Crippen molar-refractivity contribution < 1.29 is 4.74 Å². The Kier molecular flexibility index (Phi) is 5.86. The molecule has 0 atom stereocenters. The van der Waals surface area contributed by atoms with Gasteiger partial charge in [0.1, 0.15) is 0 Å². The van der Waals surface area contributed by atoms with Crippen LogP contribution in [-0.4, -0.2) is 38.8 Å². The van der Waals surface area contributed by atoms with Gasteiger partial charge in [0.15, 0.2) is 0 Å². The largest absolute Gasteiger partial charge is 0.381 e. The van der Waals surface area contributed by atoms with Crippen molar-refractivity contribution in [3.8, 4) is 17.1 Å². The van der Waals surface area contributed by atoms with E-state index >= 15 is 0 Å². The Morgan fingerprint density at radius 3 is 2.51 bits per heavy atom. The number of fused-ring (bicyclic) bond motifs is 2. The fourth-order valence-corrected chi connectivity index (χ4v) is 4.54. The lowest BCUT2D eigenvalue weighted by Gasteiger charge is -2.21. The summed E-state index contributed by atoms with van der Waals surface area (Å²) in [5.41, 5.74) is 5.51. The first-order valence-corrected chi connectivity index (χ1v) is 12.0. The summed E-state index contributed by atoms with van der Waals surface area (Å²) in [5, 5.41) is 4.90. The molecule has 1 fully saturated rings. The summed E-state index contributed by atoms with van der Waals surface area (Å²) in [4.78, 5) is 18.8. The van der Waals surface area contributed by atoms with Crippen molar-refractivity contribution in [1.29, 1.82) is 0 Å². The lowest BCUT2D eigenvalue weighted by atomic mass is 10.1. The fraction of sp³-hybridized carbons (Fsp3) is 0.185. The summed E-state index contributed by atoms with van der Waals surface area (Å²) in [6.07, 6.45) is 5.22. The molecule has 3 aromatic rings. The number of rotatable bonds is 4. The summed E-state index contributed by atoms with van der Waals surface area (Å²) < 4.78 is 7.76. The molecule has 1 aromatic heterocycles. The Hall–Kier alpha value is -3.81. The number of hydrogen-bond donors (Lipinski definition) is 1. The average Bonchev–Trinajstić information content (AvgIpc) is 2.90. The molecule has 0 unspecified atom stereocenters. The molecule has 1 aliphatic carbocycles. The van der Waals surface area contributed by atoms with Gasteiger partial charge in [-0.3, -0.25) is 4.99 Å². The highest BCUT2D eigenvalue weighted by Gasteiger charge is 2.18. The molecule has 174 valence electrons. The van der Waals surface area contributed by atoms with E-state index in [2.05, 4.69) is 32.0 Å². The monoisotopic (exact) mass is 482 g/mol. The number of halogens is 1. The van der Waals surface area contributed by atoms with Crippen LogP contribution in [0.15, 0.2) is 84.1 Å². The van der Waals surface area contributed by atoms with E-state index in [1.165, 1.54) is 0 Å². The minimum atomic E-state index is 0.191. The van der Waals surface area contributed by atoms with Gasteiger partial charge in [-0.1, -0.05) is 23.7 Å². The van der Waals surface area contributed by atoms with Crippen molar-refractivity contribution >= 4 is 34.3 Å². The van der Waals surface area contributed by atoms with E-state index in [4.69, 9.17) is 26.3 Å². The van der Waals surface area contributed by atoms with Gasteiger partial charge >= 0.3 is 0 Å². The quantitative estimate of drug-likeness (QED) is 0.347. The zero-order chi connectivity index (χ0) is 23.6. The van der Waals surface area contributed by atoms with Gasteiger partial charge in [0.2, 0.25) is 5.95 Å². The van der Waals surface area contributed by atoms with Crippen LogP contribution in [0.2, 0.25) is 5.02 Å². The van der Waals surface area contributed by atoms with Gasteiger partial charge in [-0.2, -0.15) is 0 Å². The van der Waals surface area contributed by atoms with E-state index in [-0.39, 0.29) is 6.04 Å². The number of nitrogens with one attached hydrogen (secondary N) is 1. The molecule has 0 amide bonds. The molecule has 0 bridgehead atoms. The lowest BCUT2D eigenvalue weighted by molar-refractivity contribution is 0.0864. The molecule has 0 saturated carbocycles. The van der Waals surface area contributed by atoms with E-state index in [1.807, 2.05) is 48.5 Å². The number of aromatic nitrogens is 4. The Balaban J connectivity index is 1.62. The van der Waals surface area contributed by atoms with Crippen molar-refractivity contribution in [2.75, 3.05) is 18.5 Å². The van der Waals surface area contributed by atoms with E-state index in [9.17, 15) is 0 Å². The van der Waals surface area contributed by atoms with Crippen LogP contribution in [0.4, 0.5) is 11.6 Å². The maximum absolute atomic E-state index is 6.20. The summed E-state index contributed by atoms with van der Waals surface area (Å²) in [7, 11) is 0. The Labute approximate surface area is 207 Å². The standard InChI is InChI=1S/C27H23ClN6O/c28-18-6-8-20(9-7-18)34-25-5-2-1-4-21(25)32-24-16-22(33-27-29-12-3-13-30-27)23(17-26(24)34)31-19-10-14-35-15-11-19/h1-9,12-13,16-17,19H,10-11,14-15H2,(H,29,30,33). The predicted molar refractivity (Wildman–Crippen MR) is 137 cm³/mol. The average molecular weight is 483 g/mol. The molecule has 2 aliphatic heterocycles. The second kappa shape index (κ2) is 9.44. The minimum absolute atomic E-state index is 0.191. The molecule has 0 spiro atoms. The van der Waals surface area contributed by atoms with Crippen LogP contribution in [0.1, 0.15) is 12.8 Å². The summed E-state index contributed by atoms with van der Waals surface area (Å²) in [6.45, 7) is 1.45. The highest BCUT2D eigenvalue weighted by Crippen LogP contribution is 2.30. The van der Waals surface area contributed by atoms with Crippen molar-refractivity contribution in [3.63, 3.8) is 0 Å². The van der Waals surface area contributed by atoms with Crippen molar-refractivity contribution in [1.82, 2.24) is 19.5 Å². The Bertz CT molecular complexity index is 1510. The summed E-state index contributed by atoms with van der Waals surface area (Å²) in [6, 6.07) is 22.1. The Morgan fingerprint density at radius 2 is 1.71 bits per heavy atom. The molecule has 3 aliphatic rings. The topological polar surface area (TPSA) is 77.2 Å². The third kappa shape index (κ3) is 4.48. The number of hydrogen-bond acceptors (Lipinski definition) is 6. The molecule has 0 radical (unpaired) electrons. The molecule has 1 saturated heterocycles. The number of nitrogens with zero attached hydrogens (tertiary/aromatic N) is 5. The SMILES string of the molecule is Clc1ccc(-n2c3cc(=NC4CCOCC4)c(Nc4ncccn4)cc-3nc3ccccc32)cc1. The molecule has 35 heavy (non-hydrogen) atoms. The van der Waals surface area contributed by atoms with Crippen LogP contribution in [0.5, 0.6) is 0 Å². The van der Waals surface area contributed by atoms with Crippen molar-refractivity contribution in [2.45, 2.75) is 18.9 Å². The van der Waals surface area contributed by atoms with Gasteiger partial charge in [0.05, 0.1) is 39.5 Å². The van der Waals surface area contributed by atoms with E-state index in [1.54, 1.807) is 18.5 Å². The zero-order valence-corrected chi connectivity index (χ0v) is 19.7.